The maximum Gasteiger partial charge on any atom is 0.209 e. The molecule has 0 aliphatic carbocycles. The van der Waals surface area contributed by atoms with E-state index in [0.29, 0.717) is 0 Å². The lowest BCUT2D eigenvalue weighted by Crippen LogP contribution is -2.20. The summed E-state index contributed by atoms with van der Waals surface area (Å²) in [4.78, 5) is 16.5. The highest BCUT2D eigenvalue weighted by molar-refractivity contribution is 5.99. The first kappa shape index (κ1) is 11.6. The fraction of sp³-hybridized carbons (Fsp3) is 0.385. The summed E-state index contributed by atoms with van der Waals surface area (Å²) in [6.45, 7) is 2.55. The van der Waals surface area contributed by atoms with Crippen molar-refractivity contribution in [2.75, 3.05) is 26.7 Å². The third-order valence-electron chi connectivity index (χ3n) is 2.83. The van der Waals surface area contributed by atoms with Gasteiger partial charge in [0.1, 0.15) is 5.84 Å². The molecule has 0 aromatic heterocycles. The molecule has 1 aliphatic heterocycles. The van der Waals surface area contributed by atoms with Gasteiger partial charge in [-0.15, -0.1) is 0 Å². The number of nitrogens with zero attached hydrogens (tertiary/aromatic N) is 2. The molecule has 4 nitrogen and oxygen atoms in total. The van der Waals surface area contributed by atoms with Crippen LogP contribution in [0.4, 0.5) is 0 Å². The number of carbonyl (C=O) groups excluding carboxylic acids is 1. The second-order valence-electron chi connectivity index (χ2n) is 4.19. The predicted octanol–water partition coefficient (Wildman–Crippen LogP) is 0.667. The summed E-state index contributed by atoms with van der Waals surface area (Å²) in [6, 6.07) is 8.34. The van der Waals surface area contributed by atoms with Gasteiger partial charge in [0.2, 0.25) is 6.41 Å². The van der Waals surface area contributed by atoms with Crippen molar-refractivity contribution in [3.63, 3.8) is 0 Å². The van der Waals surface area contributed by atoms with Gasteiger partial charge in [0, 0.05) is 25.7 Å². The zero-order valence-electron chi connectivity index (χ0n) is 10.0. The molecule has 1 aromatic carbocycles. The number of hydrogen-bond acceptors (Lipinski definition) is 3. The van der Waals surface area contributed by atoms with Crippen molar-refractivity contribution in [3.8, 4) is 0 Å². The van der Waals surface area contributed by atoms with Crippen molar-refractivity contribution < 1.29 is 4.79 Å². The van der Waals surface area contributed by atoms with Crippen LogP contribution in [0, 0.1) is 0 Å². The van der Waals surface area contributed by atoms with Crippen molar-refractivity contribution in [2.45, 2.75) is 6.42 Å². The fourth-order valence-corrected chi connectivity index (χ4v) is 1.78. The highest BCUT2D eigenvalue weighted by Gasteiger charge is 2.07. The SMILES string of the molecule is CN(C=O)CCc1ccc(C2=NCCN2)cc1. The van der Waals surface area contributed by atoms with Gasteiger partial charge in [-0.25, -0.2) is 0 Å². The summed E-state index contributed by atoms with van der Waals surface area (Å²) in [5, 5.41) is 3.25. The molecule has 0 bridgehead atoms. The molecule has 1 N–H and O–H groups in total. The summed E-state index contributed by atoms with van der Waals surface area (Å²) >= 11 is 0. The highest BCUT2D eigenvalue weighted by atomic mass is 16.1. The zero-order valence-corrected chi connectivity index (χ0v) is 10.0. The molecule has 1 heterocycles. The van der Waals surface area contributed by atoms with Crippen molar-refractivity contribution in [2.24, 2.45) is 4.99 Å². The van der Waals surface area contributed by atoms with Crippen LogP contribution in [0.1, 0.15) is 11.1 Å². The molecule has 1 amide bonds. The van der Waals surface area contributed by atoms with E-state index in [4.69, 9.17) is 0 Å². The van der Waals surface area contributed by atoms with Gasteiger partial charge in [0.25, 0.3) is 0 Å². The third-order valence-corrected chi connectivity index (χ3v) is 2.83. The Morgan fingerprint density at radius 3 is 2.76 bits per heavy atom. The first-order valence-corrected chi connectivity index (χ1v) is 5.83. The molecule has 4 heteroatoms. The standard InChI is InChI=1S/C13H17N3O/c1-16(10-17)9-6-11-2-4-12(5-3-11)13-14-7-8-15-13/h2-5,10H,6-9H2,1H3,(H,14,15). The van der Waals surface area contributed by atoms with Gasteiger partial charge in [0.15, 0.2) is 0 Å². The lowest BCUT2D eigenvalue weighted by atomic mass is 10.1. The largest absolute Gasteiger partial charge is 0.368 e. The molecule has 17 heavy (non-hydrogen) atoms. The number of carbonyl (C=O) groups is 1. The highest BCUT2D eigenvalue weighted by Crippen LogP contribution is 2.07. The van der Waals surface area contributed by atoms with E-state index in [1.165, 1.54) is 5.56 Å². The Labute approximate surface area is 101 Å². The Kier molecular flexibility index (Phi) is 3.75. The average Bonchev–Trinajstić information content (AvgIpc) is 2.90. The van der Waals surface area contributed by atoms with Crippen LogP contribution in [0.5, 0.6) is 0 Å². The van der Waals surface area contributed by atoms with Gasteiger partial charge in [-0.3, -0.25) is 9.79 Å². The van der Waals surface area contributed by atoms with Crippen LogP contribution in [0.15, 0.2) is 29.3 Å². The summed E-state index contributed by atoms with van der Waals surface area (Å²) in [5.74, 6) is 0.988. The topological polar surface area (TPSA) is 44.7 Å². The second-order valence-corrected chi connectivity index (χ2v) is 4.19. The van der Waals surface area contributed by atoms with Gasteiger partial charge >= 0.3 is 0 Å². The van der Waals surface area contributed by atoms with Crippen LogP contribution < -0.4 is 5.32 Å². The Morgan fingerprint density at radius 1 is 1.41 bits per heavy atom. The fourth-order valence-electron chi connectivity index (χ4n) is 1.78. The molecule has 0 radical (unpaired) electrons. The van der Waals surface area contributed by atoms with E-state index in [9.17, 15) is 4.79 Å². The smallest absolute Gasteiger partial charge is 0.209 e. The van der Waals surface area contributed by atoms with Crippen molar-refractivity contribution in [1.82, 2.24) is 10.2 Å². The number of amides is 1. The Hall–Kier alpha value is -1.84. The van der Waals surface area contributed by atoms with E-state index in [1.807, 2.05) is 0 Å². The Morgan fingerprint density at radius 2 is 2.18 bits per heavy atom. The van der Waals surface area contributed by atoms with Crippen LogP contribution in [0.2, 0.25) is 0 Å². The second kappa shape index (κ2) is 5.48. The molecule has 0 saturated carbocycles. The van der Waals surface area contributed by atoms with Gasteiger partial charge in [-0.05, 0) is 12.0 Å². The molecule has 1 aliphatic rings. The minimum absolute atomic E-state index is 0.752. The number of rotatable bonds is 5. The number of benzene rings is 1. The number of aliphatic imine (C=N–C) groups is 1. The average molecular weight is 231 g/mol. The first-order valence-electron chi connectivity index (χ1n) is 5.83. The van der Waals surface area contributed by atoms with Crippen molar-refractivity contribution in [3.05, 3.63) is 35.4 Å². The van der Waals surface area contributed by atoms with Gasteiger partial charge in [-0.1, -0.05) is 24.3 Å². The minimum Gasteiger partial charge on any atom is -0.368 e. The Bertz CT molecular complexity index is 411. The molecule has 0 atom stereocenters. The van der Waals surface area contributed by atoms with Gasteiger partial charge < -0.3 is 10.2 Å². The molecule has 0 spiro atoms. The minimum atomic E-state index is 0.752. The summed E-state index contributed by atoms with van der Waals surface area (Å²) in [5.41, 5.74) is 2.37. The van der Waals surface area contributed by atoms with Crippen LogP contribution in [-0.4, -0.2) is 43.8 Å². The van der Waals surface area contributed by atoms with Crippen molar-refractivity contribution in [1.29, 1.82) is 0 Å². The molecule has 0 saturated heterocycles. The van der Waals surface area contributed by atoms with E-state index in [1.54, 1.807) is 11.9 Å². The summed E-state index contributed by atoms with van der Waals surface area (Å²) in [6.07, 6.45) is 1.74. The monoisotopic (exact) mass is 231 g/mol. The van der Waals surface area contributed by atoms with E-state index < -0.39 is 0 Å². The van der Waals surface area contributed by atoms with E-state index in [-0.39, 0.29) is 0 Å². The quantitative estimate of drug-likeness (QED) is 0.757. The van der Waals surface area contributed by atoms with Crippen LogP contribution in [0.3, 0.4) is 0 Å². The maximum atomic E-state index is 10.5. The summed E-state index contributed by atoms with van der Waals surface area (Å²) in [7, 11) is 1.79. The first-order chi connectivity index (χ1) is 8.29. The third kappa shape index (κ3) is 3.06. The molecule has 1 aromatic rings. The molecule has 2 rings (SSSR count). The lowest BCUT2D eigenvalue weighted by molar-refractivity contribution is -0.116. The van der Waals surface area contributed by atoms with Crippen molar-refractivity contribution >= 4 is 12.2 Å². The molecule has 0 fully saturated rings. The van der Waals surface area contributed by atoms with Gasteiger partial charge in [0.05, 0.1) is 6.54 Å². The van der Waals surface area contributed by atoms with Crippen LogP contribution >= 0.6 is 0 Å². The molecule has 0 unspecified atom stereocenters. The lowest BCUT2D eigenvalue weighted by Gasteiger charge is -2.10. The van der Waals surface area contributed by atoms with E-state index in [2.05, 4.69) is 34.6 Å². The van der Waals surface area contributed by atoms with Crippen LogP contribution in [0.25, 0.3) is 0 Å². The number of likely N-dealkylation sites (N-methyl/N-ethyl adjacent to an activating group) is 1. The van der Waals surface area contributed by atoms with E-state index >= 15 is 0 Å². The van der Waals surface area contributed by atoms with Crippen LogP contribution in [-0.2, 0) is 11.2 Å². The zero-order chi connectivity index (χ0) is 12.1. The number of amidine groups is 1. The number of hydrogen-bond donors (Lipinski definition) is 1. The molecular formula is C13H17N3O. The normalized spacial score (nSPS) is 14.1. The summed E-state index contributed by atoms with van der Waals surface area (Å²) < 4.78 is 0. The Balaban J connectivity index is 1.95. The molecular weight excluding hydrogens is 214 g/mol. The molecule has 90 valence electrons. The van der Waals surface area contributed by atoms with E-state index in [0.717, 1.165) is 43.9 Å². The van der Waals surface area contributed by atoms with Gasteiger partial charge in [-0.2, -0.15) is 0 Å². The number of nitrogens with one attached hydrogen (secondary N) is 1. The predicted molar refractivity (Wildman–Crippen MR) is 68.2 cm³/mol. The maximum absolute atomic E-state index is 10.5.